The molecule has 0 atom stereocenters. The van der Waals surface area contributed by atoms with Crippen LogP contribution in [0.15, 0.2) is 66.2 Å². The normalized spacial score (nSPS) is 11.0. The Kier molecular flexibility index (Phi) is 8.48. The van der Waals surface area contributed by atoms with Crippen molar-refractivity contribution in [3.63, 3.8) is 0 Å². The largest absolute Gasteiger partial charge is 0.490 e. The van der Waals surface area contributed by atoms with E-state index in [0.717, 1.165) is 17.5 Å². The van der Waals surface area contributed by atoms with Crippen molar-refractivity contribution in [3.8, 4) is 17.6 Å². The number of benzene rings is 3. The van der Waals surface area contributed by atoms with E-state index in [0.29, 0.717) is 36.0 Å². The fraction of sp³-hybridized carbons (Fsp3) is 0.241. The number of hydrogen-bond donors (Lipinski definition) is 1. The highest BCUT2D eigenvalue weighted by atomic mass is 16.5. The lowest BCUT2D eigenvalue weighted by molar-refractivity contribution is -0.112. The summed E-state index contributed by atoms with van der Waals surface area (Å²) in [5.41, 5.74) is 5.94. The molecule has 0 aliphatic rings. The van der Waals surface area contributed by atoms with Crippen LogP contribution in [0, 0.1) is 25.2 Å². The summed E-state index contributed by atoms with van der Waals surface area (Å²) >= 11 is 0. The fourth-order valence-corrected chi connectivity index (χ4v) is 3.51. The zero-order valence-corrected chi connectivity index (χ0v) is 20.1. The van der Waals surface area contributed by atoms with Crippen LogP contribution in [0.1, 0.15) is 41.7 Å². The van der Waals surface area contributed by atoms with Gasteiger partial charge in [0, 0.05) is 5.69 Å². The Morgan fingerprint density at radius 1 is 0.971 bits per heavy atom. The molecule has 3 rings (SSSR count). The van der Waals surface area contributed by atoms with Gasteiger partial charge in [-0.05, 0) is 79.3 Å². The summed E-state index contributed by atoms with van der Waals surface area (Å²) in [7, 11) is 0. The summed E-state index contributed by atoms with van der Waals surface area (Å²) in [4.78, 5) is 12.7. The van der Waals surface area contributed by atoms with Crippen LogP contribution in [-0.4, -0.2) is 12.5 Å². The quantitative estimate of drug-likeness (QED) is 0.300. The second-order valence-corrected chi connectivity index (χ2v) is 7.98. The molecule has 0 fully saturated rings. The summed E-state index contributed by atoms with van der Waals surface area (Å²) < 4.78 is 11.8. The third-order valence-corrected chi connectivity index (χ3v) is 5.56. The van der Waals surface area contributed by atoms with Gasteiger partial charge in [0.05, 0.1) is 6.61 Å². The fourth-order valence-electron chi connectivity index (χ4n) is 3.51. The molecule has 0 aliphatic carbocycles. The summed E-state index contributed by atoms with van der Waals surface area (Å²) in [5.74, 6) is 0.725. The number of ether oxygens (including phenoxy) is 2. The maximum atomic E-state index is 12.7. The molecule has 174 valence electrons. The Morgan fingerprint density at radius 2 is 1.76 bits per heavy atom. The van der Waals surface area contributed by atoms with Gasteiger partial charge in [-0.2, -0.15) is 5.26 Å². The highest BCUT2D eigenvalue weighted by Crippen LogP contribution is 2.30. The summed E-state index contributed by atoms with van der Waals surface area (Å²) in [6.45, 7) is 8.96. The predicted octanol–water partition coefficient (Wildman–Crippen LogP) is 6.39. The van der Waals surface area contributed by atoms with Crippen molar-refractivity contribution in [1.82, 2.24) is 0 Å². The minimum atomic E-state index is -0.448. The molecule has 5 heteroatoms. The van der Waals surface area contributed by atoms with E-state index in [1.807, 2.05) is 56.3 Å². The smallest absolute Gasteiger partial charge is 0.266 e. The van der Waals surface area contributed by atoms with Gasteiger partial charge in [0.2, 0.25) is 0 Å². The molecule has 0 heterocycles. The lowest BCUT2D eigenvalue weighted by Gasteiger charge is -2.13. The van der Waals surface area contributed by atoms with Crippen molar-refractivity contribution in [3.05, 3.63) is 94.1 Å². The van der Waals surface area contributed by atoms with Gasteiger partial charge in [-0.1, -0.05) is 49.4 Å². The third kappa shape index (κ3) is 6.26. The molecule has 0 saturated heterocycles. The number of anilines is 1. The molecule has 0 spiro atoms. The first-order valence-electron chi connectivity index (χ1n) is 11.4. The lowest BCUT2D eigenvalue weighted by atomic mass is 10.1. The van der Waals surface area contributed by atoms with Crippen molar-refractivity contribution in [1.29, 1.82) is 5.26 Å². The molecule has 0 radical (unpaired) electrons. The number of carbonyl (C=O) groups excluding carboxylic acids is 1. The SMILES string of the molecule is CCOc1cc(/C=C(\C#N)C(=O)Nc2ccccc2CC)ccc1OCc1ccc(C)c(C)c1. The molecule has 5 nitrogen and oxygen atoms in total. The maximum Gasteiger partial charge on any atom is 0.266 e. The van der Waals surface area contributed by atoms with Crippen LogP contribution < -0.4 is 14.8 Å². The summed E-state index contributed by atoms with van der Waals surface area (Å²) in [5, 5.41) is 12.5. The summed E-state index contributed by atoms with van der Waals surface area (Å²) in [6, 6.07) is 21.2. The van der Waals surface area contributed by atoms with Crippen LogP contribution in [-0.2, 0) is 17.8 Å². The van der Waals surface area contributed by atoms with E-state index < -0.39 is 5.91 Å². The van der Waals surface area contributed by atoms with Crippen LogP contribution in [0.5, 0.6) is 11.5 Å². The predicted molar refractivity (Wildman–Crippen MR) is 136 cm³/mol. The first kappa shape index (κ1) is 24.6. The molecule has 3 aromatic carbocycles. The van der Waals surface area contributed by atoms with Gasteiger partial charge in [-0.25, -0.2) is 0 Å². The van der Waals surface area contributed by atoms with E-state index in [9.17, 15) is 10.1 Å². The van der Waals surface area contributed by atoms with E-state index in [-0.39, 0.29) is 5.57 Å². The first-order valence-corrected chi connectivity index (χ1v) is 11.4. The number of para-hydroxylation sites is 1. The number of carbonyl (C=O) groups is 1. The van der Waals surface area contributed by atoms with Gasteiger partial charge in [0.1, 0.15) is 18.2 Å². The Labute approximate surface area is 201 Å². The lowest BCUT2D eigenvalue weighted by Crippen LogP contribution is -2.14. The Hall–Kier alpha value is -4.04. The Balaban J connectivity index is 1.79. The molecule has 0 aromatic heterocycles. The minimum Gasteiger partial charge on any atom is -0.490 e. The van der Waals surface area contributed by atoms with Crippen molar-refractivity contribution >= 4 is 17.7 Å². The third-order valence-electron chi connectivity index (χ3n) is 5.56. The van der Waals surface area contributed by atoms with Crippen LogP contribution in [0.3, 0.4) is 0 Å². The van der Waals surface area contributed by atoms with Crippen LogP contribution in [0.25, 0.3) is 6.08 Å². The zero-order valence-electron chi connectivity index (χ0n) is 20.1. The van der Waals surface area contributed by atoms with Crippen molar-refractivity contribution in [2.24, 2.45) is 0 Å². The van der Waals surface area contributed by atoms with Crippen LogP contribution in [0.4, 0.5) is 5.69 Å². The van der Waals surface area contributed by atoms with E-state index >= 15 is 0 Å². The average Bonchev–Trinajstić information content (AvgIpc) is 2.84. The molecule has 3 aromatic rings. The highest BCUT2D eigenvalue weighted by molar-refractivity contribution is 6.10. The first-order chi connectivity index (χ1) is 16.4. The number of nitrogens with one attached hydrogen (secondary N) is 1. The number of nitriles is 1. The number of hydrogen-bond acceptors (Lipinski definition) is 4. The number of rotatable bonds is 9. The van der Waals surface area contributed by atoms with E-state index in [2.05, 4.69) is 31.3 Å². The molecule has 0 aliphatic heterocycles. The van der Waals surface area contributed by atoms with E-state index in [4.69, 9.17) is 9.47 Å². The average molecular weight is 455 g/mol. The highest BCUT2D eigenvalue weighted by Gasteiger charge is 2.13. The molecule has 0 unspecified atom stereocenters. The molecular formula is C29H30N2O3. The number of amides is 1. The van der Waals surface area contributed by atoms with E-state index in [1.165, 1.54) is 11.1 Å². The molecule has 0 bridgehead atoms. The van der Waals surface area contributed by atoms with Gasteiger partial charge in [-0.3, -0.25) is 4.79 Å². The molecule has 34 heavy (non-hydrogen) atoms. The number of nitrogens with zero attached hydrogens (tertiary/aromatic N) is 1. The standard InChI is InChI=1S/C29H30N2O3/c1-5-24-9-7-8-10-26(24)31-29(32)25(18-30)16-22-13-14-27(28(17-22)33-6-2)34-19-23-12-11-20(3)21(4)15-23/h7-17H,5-6,19H2,1-4H3,(H,31,32)/b25-16+. The van der Waals surface area contributed by atoms with Crippen molar-refractivity contribution in [2.45, 2.75) is 40.7 Å². The topological polar surface area (TPSA) is 71.3 Å². The monoisotopic (exact) mass is 454 g/mol. The Bertz CT molecular complexity index is 1240. The second kappa shape index (κ2) is 11.7. The van der Waals surface area contributed by atoms with Gasteiger partial charge in [0.15, 0.2) is 11.5 Å². The molecule has 1 amide bonds. The van der Waals surface area contributed by atoms with Crippen molar-refractivity contribution in [2.75, 3.05) is 11.9 Å². The van der Waals surface area contributed by atoms with E-state index in [1.54, 1.807) is 18.2 Å². The molecule has 0 saturated carbocycles. The zero-order chi connectivity index (χ0) is 24.5. The summed E-state index contributed by atoms with van der Waals surface area (Å²) in [6.07, 6.45) is 2.34. The van der Waals surface area contributed by atoms with Gasteiger partial charge < -0.3 is 14.8 Å². The van der Waals surface area contributed by atoms with Gasteiger partial charge in [-0.15, -0.1) is 0 Å². The molecular weight excluding hydrogens is 424 g/mol. The second-order valence-electron chi connectivity index (χ2n) is 7.98. The number of aryl methyl sites for hydroxylation is 3. The van der Waals surface area contributed by atoms with Gasteiger partial charge in [0.25, 0.3) is 5.91 Å². The minimum absolute atomic E-state index is 0.0113. The molecule has 1 N–H and O–H groups in total. The van der Waals surface area contributed by atoms with Crippen LogP contribution >= 0.6 is 0 Å². The van der Waals surface area contributed by atoms with Gasteiger partial charge >= 0.3 is 0 Å². The van der Waals surface area contributed by atoms with Crippen molar-refractivity contribution < 1.29 is 14.3 Å². The maximum absolute atomic E-state index is 12.7. The van der Waals surface area contributed by atoms with Crippen LogP contribution in [0.2, 0.25) is 0 Å². The Morgan fingerprint density at radius 3 is 2.47 bits per heavy atom.